The summed E-state index contributed by atoms with van der Waals surface area (Å²) in [4.78, 5) is 12.4. The van der Waals surface area contributed by atoms with E-state index in [1.807, 2.05) is 30.3 Å². The second-order valence-electron chi connectivity index (χ2n) is 8.40. The highest BCUT2D eigenvalue weighted by Crippen LogP contribution is 2.61. The topological polar surface area (TPSA) is 29.1 Å². The quantitative estimate of drug-likeness (QED) is 0.759. The average molecular weight is 344 g/mol. The van der Waals surface area contributed by atoms with E-state index in [0.29, 0.717) is 10.4 Å². The maximum atomic E-state index is 12.4. The third-order valence-corrected chi connectivity index (χ3v) is 6.91. The monoisotopic (exact) mass is 343 g/mol. The molecule has 24 heavy (non-hydrogen) atoms. The Balaban J connectivity index is 1.39. The molecule has 3 heteroatoms. The first-order valence-corrected chi connectivity index (χ1v) is 9.64. The second kappa shape index (κ2) is 6.22. The van der Waals surface area contributed by atoms with Gasteiger partial charge < -0.3 is 5.32 Å². The smallest absolute Gasteiger partial charge is 0.244 e. The van der Waals surface area contributed by atoms with Crippen molar-refractivity contribution >= 4 is 23.6 Å². The van der Waals surface area contributed by atoms with Gasteiger partial charge in [0, 0.05) is 17.1 Å². The van der Waals surface area contributed by atoms with Crippen LogP contribution in [0.25, 0.3) is 6.08 Å². The standard InChI is InChI=1S/C21H26ClNO/c1-14(21-11-16-8-17(12-21)10-18(9-16)13-21)23-20(24)7-4-15-2-5-19(22)6-3-15/h2-7,14,16-18H,8-13H2,1H3,(H,23,24)/b7-4+. The zero-order chi connectivity index (χ0) is 16.7. The minimum Gasteiger partial charge on any atom is -0.350 e. The van der Waals surface area contributed by atoms with E-state index >= 15 is 0 Å². The predicted molar refractivity (Wildman–Crippen MR) is 98.7 cm³/mol. The van der Waals surface area contributed by atoms with E-state index in [9.17, 15) is 4.79 Å². The number of amides is 1. The molecule has 1 aromatic carbocycles. The molecule has 5 rings (SSSR count). The Morgan fingerprint density at radius 1 is 1.12 bits per heavy atom. The summed E-state index contributed by atoms with van der Waals surface area (Å²) in [6, 6.07) is 7.81. The van der Waals surface area contributed by atoms with Gasteiger partial charge in [0.05, 0.1) is 0 Å². The highest BCUT2D eigenvalue weighted by atomic mass is 35.5. The molecular formula is C21H26ClNO. The molecule has 4 aliphatic carbocycles. The number of hydrogen-bond donors (Lipinski definition) is 1. The van der Waals surface area contributed by atoms with Crippen molar-refractivity contribution in [2.75, 3.05) is 0 Å². The number of benzene rings is 1. The summed E-state index contributed by atoms with van der Waals surface area (Å²) in [6.07, 6.45) is 11.8. The first kappa shape index (κ1) is 16.2. The van der Waals surface area contributed by atoms with E-state index < -0.39 is 0 Å². The van der Waals surface area contributed by atoms with Gasteiger partial charge in [0.15, 0.2) is 0 Å². The van der Waals surface area contributed by atoms with Gasteiger partial charge in [-0.2, -0.15) is 0 Å². The van der Waals surface area contributed by atoms with Crippen LogP contribution in [-0.2, 0) is 4.79 Å². The lowest BCUT2D eigenvalue weighted by Crippen LogP contribution is -2.55. The molecule has 1 N–H and O–H groups in total. The van der Waals surface area contributed by atoms with Crippen LogP contribution in [0.5, 0.6) is 0 Å². The van der Waals surface area contributed by atoms with Gasteiger partial charge in [0.25, 0.3) is 0 Å². The van der Waals surface area contributed by atoms with Crippen molar-refractivity contribution in [3.8, 4) is 0 Å². The molecule has 128 valence electrons. The van der Waals surface area contributed by atoms with E-state index in [4.69, 9.17) is 11.6 Å². The third-order valence-electron chi connectivity index (χ3n) is 6.66. The molecule has 4 saturated carbocycles. The van der Waals surface area contributed by atoms with Gasteiger partial charge >= 0.3 is 0 Å². The summed E-state index contributed by atoms with van der Waals surface area (Å²) in [6.45, 7) is 2.22. The summed E-state index contributed by atoms with van der Waals surface area (Å²) in [5.74, 6) is 2.77. The van der Waals surface area contributed by atoms with Crippen LogP contribution in [0.15, 0.2) is 30.3 Å². The molecule has 1 aromatic rings. The van der Waals surface area contributed by atoms with Crippen molar-refractivity contribution in [2.24, 2.45) is 23.2 Å². The molecule has 0 spiro atoms. The maximum Gasteiger partial charge on any atom is 0.244 e. The number of nitrogens with one attached hydrogen (secondary N) is 1. The Hall–Kier alpha value is -1.28. The lowest BCUT2D eigenvalue weighted by molar-refractivity contribution is -0.121. The first-order valence-electron chi connectivity index (χ1n) is 9.26. The molecule has 2 nitrogen and oxygen atoms in total. The minimum absolute atomic E-state index is 0.0215. The van der Waals surface area contributed by atoms with Gasteiger partial charge in [-0.15, -0.1) is 0 Å². The van der Waals surface area contributed by atoms with Crippen LogP contribution < -0.4 is 5.32 Å². The molecular weight excluding hydrogens is 318 g/mol. The molecule has 1 amide bonds. The van der Waals surface area contributed by atoms with Crippen molar-refractivity contribution < 1.29 is 4.79 Å². The average Bonchev–Trinajstić information content (AvgIpc) is 2.53. The van der Waals surface area contributed by atoms with Gasteiger partial charge in [-0.3, -0.25) is 4.79 Å². The van der Waals surface area contributed by atoms with E-state index in [-0.39, 0.29) is 11.9 Å². The SMILES string of the molecule is CC(NC(=O)/C=C/c1ccc(Cl)cc1)C12CC3CC(CC(C3)C1)C2. The van der Waals surface area contributed by atoms with Crippen molar-refractivity contribution in [2.45, 2.75) is 51.5 Å². The molecule has 4 fully saturated rings. The zero-order valence-corrected chi connectivity index (χ0v) is 15.1. The van der Waals surface area contributed by atoms with E-state index in [1.165, 1.54) is 38.5 Å². The highest BCUT2D eigenvalue weighted by Gasteiger charge is 2.53. The summed E-state index contributed by atoms with van der Waals surface area (Å²) in [5.41, 5.74) is 1.36. The largest absolute Gasteiger partial charge is 0.350 e. The van der Waals surface area contributed by atoms with Crippen molar-refractivity contribution in [1.82, 2.24) is 5.32 Å². The molecule has 1 unspecified atom stereocenters. The van der Waals surface area contributed by atoms with Gasteiger partial charge in [-0.1, -0.05) is 23.7 Å². The number of rotatable bonds is 4. The van der Waals surface area contributed by atoms with Crippen LogP contribution in [0.1, 0.15) is 51.0 Å². The fourth-order valence-corrected chi connectivity index (χ4v) is 5.99. The second-order valence-corrected chi connectivity index (χ2v) is 8.83. The molecule has 0 aliphatic heterocycles. The number of carbonyl (C=O) groups excluding carboxylic acids is 1. The van der Waals surface area contributed by atoms with Crippen molar-refractivity contribution in [3.05, 3.63) is 40.9 Å². The highest BCUT2D eigenvalue weighted by molar-refractivity contribution is 6.30. The van der Waals surface area contributed by atoms with Gasteiger partial charge in [0.2, 0.25) is 5.91 Å². The molecule has 4 bridgehead atoms. The van der Waals surface area contributed by atoms with E-state index in [1.54, 1.807) is 6.08 Å². The lowest BCUT2D eigenvalue weighted by Gasteiger charge is -2.59. The number of halogens is 1. The van der Waals surface area contributed by atoms with Gasteiger partial charge in [-0.25, -0.2) is 0 Å². The molecule has 0 saturated heterocycles. The summed E-state index contributed by atoms with van der Waals surface area (Å²) in [7, 11) is 0. The molecule has 1 atom stereocenters. The summed E-state index contributed by atoms with van der Waals surface area (Å²) >= 11 is 5.89. The predicted octanol–water partition coefficient (Wildman–Crippen LogP) is 5.07. The van der Waals surface area contributed by atoms with Crippen molar-refractivity contribution in [3.63, 3.8) is 0 Å². The number of hydrogen-bond acceptors (Lipinski definition) is 1. The van der Waals surface area contributed by atoms with Crippen LogP contribution in [-0.4, -0.2) is 11.9 Å². The van der Waals surface area contributed by atoms with Crippen LogP contribution in [0.4, 0.5) is 0 Å². The van der Waals surface area contributed by atoms with Crippen LogP contribution in [0.3, 0.4) is 0 Å². The van der Waals surface area contributed by atoms with Crippen LogP contribution in [0.2, 0.25) is 5.02 Å². The normalized spacial score (nSPS) is 35.3. The Bertz CT molecular complexity index is 613. The molecule has 0 heterocycles. The fourth-order valence-electron chi connectivity index (χ4n) is 5.87. The lowest BCUT2D eigenvalue weighted by atomic mass is 9.48. The Morgan fingerprint density at radius 2 is 1.67 bits per heavy atom. The zero-order valence-electron chi connectivity index (χ0n) is 14.3. The Morgan fingerprint density at radius 3 is 2.21 bits per heavy atom. The first-order chi connectivity index (χ1) is 11.5. The van der Waals surface area contributed by atoms with Crippen molar-refractivity contribution in [1.29, 1.82) is 0 Å². The van der Waals surface area contributed by atoms with Gasteiger partial charge in [0.1, 0.15) is 0 Å². The molecule has 0 aromatic heterocycles. The van der Waals surface area contributed by atoms with E-state index in [0.717, 1.165) is 23.3 Å². The minimum atomic E-state index is 0.0215. The molecule has 4 aliphatic rings. The fraction of sp³-hybridized carbons (Fsp3) is 0.571. The summed E-state index contributed by atoms with van der Waals surface area (Å²) in [5, 5.41) is 3.98. The Labute approximate surface area is 149 Å². The van der Waals surface area contributed by atoms with E-state index in [2.05, 4.69) is 12.2 Å². The van der Waals surface area contributed by atoms with Gasteiger partial charge in [-0.05, 0) is 92.4 Å². The van der Waals surface area contributed by atoms with Crippen LogP contribution in [0, 0.1) is 23.2 Å². The number of carbonyl (C=O) groups is 1. The van der Waals surface area contributed by atoms with Crippen LogP contribution >= 0.6 is 11.6 Å². The maximum absolute atomic E-state index is 12.4. The summed E-state index contributed by atoms with van der Waals surface area (Å²) < 4.78 is 0. The third kappa shape index (κ3) is 3.13. The molecule has 0 radical (unpaired) electrons. The Kier molecular flexibility index (Phi) is 4.20.